The van der Waals surface area contributed by atoms with Gasteiger partial charge >= 0.3 is 0 Å². The van der Waals surface area contributed by atoms with Crippen LogP contribution in [0.3, 0.4) is 0 Å². The number of benzene rings is 2. The summed E-state index contributed by atoms with van der Waals surface area (Å²) in [7, 11) is 1.82. The minimum atomic E-state index is -0.821. The third-order valence-electron chi connectivity index (χ3n) is 4.72. The van der Waals surface area contributed by atoms with Gasteiger partial charge in [-0.05, 0) is 30.0 Å². The van der Waals surface area contributed by atoms with Gasteiger partial charge in [-0.15, -0.1) is 11.8 Å². The van der Waals surface area contributed by atoms with Gasteiger partial charge in [0, 0.05) is 33.7 Å². The smallest absolute Gasteiger partial charge is 0.261 e. The van der Waals surface area contributed by atoms with Crippen LogP contribution in [-0.4, -0.2) is 29.3 Å². The van der Waals surface area contributed by atoms with E-state index in [1.807, 2.05) is 37.2 Å². The molecule has 2 aliphatic rings. The normalized spacial score (nSPS) is 25.2. The number of halogens is 1. The molecule has 0 fully saturated rings. The molecule has 25 heavy (non-hydrogen) atoms. The Morgan fingerprint density at radius 2 is 2.04 bits per heavy atom. The number of rotatable bonds is 1. The fraction of sp³-hybridized carbons (Fsp3) is 0.263. The van der Waals surface area contributed by atoms with E-state index in [9.17, 15) is 4.79 Å². The van der Waals surface area contributed by atoms with Crippen LogP contribution in [0.1, 0.15) is 22.8 Å². The lowest BCUT2D eigenvalue weighted by molar-refractivity contribution is -0.130. The average molecular weight is 433 g/mol. The number of carbonyl (C=O) groups excluding carboxylic acids is 1. The molecule has 0 N–H and O–H groups in total. The molecule has 128 valence electrons. The van der Waals surface area contributed by atoms with E-state index in [0.717, 1.165) is 20.1 Å². The molecule has 0 aliphatic carbocycles. The van der Waals surface area contributed by atoms with E-state index in [1.165, 1.54) is 17.3 Å². The molecule has 3 nitrogen and oxygen atoms in total. The molecule has 6 heteroatoms. The number of thioether (sulfide) groups is 2. The molecular weight excluding hydrogens is 416 g/mol. The number of aliphatic imine (C=N–C) groups is 1. The Morgan fingerprint density at radius 3 is 2.72 bits per heavy atom. The maximum Gasteiger partial charge on any atom is 0.261 e. The van der Waals surface area contributed by atoms with E-state index >= 15 is 0 Å². The quantitative estimate of drug-likeness (QED) is 0.630. The summed E-state index contributed by atoms with van der Waals surface area (Å²) in [6.07, 6.45) is 2.65. The second-order valence-corrected chi connectivity index (χ2v) is 9.12. The summed E-state index contributed by atoms with van der Waals surface area (Å²) >= 11 is 6.91. The third-order valence-corrected chi connectivity index (χ3v) is 7.28. The SMILES string of the molecule is CSC1=NC2(CC(c3ccccc3)Sc3ccc(Br)cc32)C(=O)N1C. The zero-order valence-corrected chi connectivity index (χ0v) is 17.1. The Morgan fingerprint density at radius 1 is 1.28 bits per heavy atom. The molecule has 1 amide bonds. The van der Waals surface area contributed by atoms with Crippen molar-refractivity contribution in [1.82, 2.24) is 4.90 Å². The largest absolute Gasteiger partial charge is 0.292 e. The molecule has 2 aromatic rings. The number of hydrogen-bond donors (Lipinski definition) is 0. The lowest BCUT2D eigenvalue weighted by atomic mass is 9.83. The molecule has 0 aromatic heterocycles. The number of nitrogens with zero attached hydrogens (tertiary/aromatic N) is 2. The molecule has 2 aliphatic heterocycles. The Kier molecular flexibility index (Phi) is 4.46. The van der Waals surface area contributed by atoms with Crippen molar-refractivity contribution in [1.29, 1.82) is 0 Å². The zero-order valence-electron chi connectivity index (χ0n) is 13.9. The van der Waals surface area contributed by atoms with E-state index in [0.29, 0.717) is 6.42 Å². The Labute approximate surface area is 164 Å². The monoisotopic (exact) mass is 432 g/mol. The number of amidine groups is 1. The molecule has 2 heterocycles. The van der Waals surface area contributed by atoms with Crippen molar-refractivity contribution in [3.63, 3.8) is 0 Å². The van der Waals surface area contributed by atoms with Crippen LogP contribution in [0, 0.1) is 0 Å². The van der Waals surface area contributed by atoms with Gasteiger partial charge in [0.05, 0.1) is 0 Å². The minimum absolute atomic E-state index is 0.0671. The predicted molar refractivity (Wildman–Crippen MR) is 109 cm³/mol. The van der Waals surface area contributed by atoms with Crippen molar-refractivity contribution < 1.29 is 4.79 Å². The fourth-order valence-electron chi connectivity index (χ4n) is 3.50. The third kappa shape index (κ3) is 2.75. The standard InChI is InChI=1S/C19H17BrN2OS2/c1-22-17(23)19(21-18(22)24-2)11-16(12-6-4-3-5-7-12)25-15-9-8-13(20)10-14(15)19/h3-10,16H,11H2,1-2H3. The van der Waals surface area contributed by atoms with E-state index < -0.39 is 5.54 Å². The van der Waals surface area contributed by atoms with Gasteiger partial charge in [0.2, 0.25) is 0 Å². The Balaban J connectivity index is 1.89. The highest BCUT2D eigenvalue weighted by Crippen LogP contribution is 2.55. The first-order valence-electron chi connectivity index (χ1n) is 7.99. The Bertz CT molecular complexity index is 871. The highest BCUT2D eigenvalue weighted by molar-refractivity contribution is 9.10. The molecular formula is C19H17BrN2OS2. The van der Waals surface area contributed by atoms with Crippen LogP contribution in [0.5, 0.6) is 0 Å². The van der Waals surface area contributed by atoms with Gasteiger partial charge in [-0.25, -0.2) is 4.99 Å². The number of hydrogen-bond acceptors (Lipinski definition) is 4. The lowest BCUT2D eigenvalue weighted by Gasteiger charge is -2.36. The van der Waals surface area contributed by atoms with Gasteiger partial charge in [-0.3, -0.25) is 9.69 Å². The second-order valence-electron chi connectivity index (χ2n) is 6.18. The van der Waals surface area contributed by atoms with Crippen LogP contribution in [0.25, 0.3) is 0 Å². The van der Waals surface area contributed by atoms with Crippen molar-refractivity contribution in [2.75, 3.05) is 13.3 Å². The first kappa shape index (κ1) is 17.2. The van der Waals surface area contributed by atoms with Gasteiger partial charge in [0.25, 0.3) is 5.91 Å². The average Bonchev–Trinajstić information content (AvgIpc) is 2.88. The fourth-order valence-corrected chi connectivity index (χ4v) is 5.89. The van der Waals surface area contributed by atoms with Gasteiger partial charge < -0.3 is 0 Å². The van der Waals surface area contributed by atoms with Crippen molar-refractivity contribution >= 4 is 50.5 Å². The minimum Gasteiger partial charge on any atom is -0.292 e. The van der Waals surface area contributed by atoms with E-state index in [1.54, 1.807) is 4.90 Å². The predicted octanol–water partition coefficient (Wildman–Crippen LogP) is 5.07. The summed E-state index contributed by atoms with van der Waals surface area (Å²) in [5.41, 5.74) is 1.43. The highest BCUT2D eigenvalue weighted by Gasteiger charge is 2.53. The van der Waals surface area contributed by atoms with E-state index in [2.05, 4.69) is 52.3 Å². The summed E-state index contributed by atoms with van der Waals surface area (Å²) in [6.45, 7) is 0. The first-order valence-corrected chi connectivity index (χ1v) is 10.9. The van der Waals surface area contributed by atoms with E-state index in [4.69, 9.17) is 4.99 Å². The summed E-state index contributed by atoms with van der Waals surface area (Å²) in [6, 6.07) is 16.6. The van der Waals surface area contributed by atoms with Gasteiger partial charge in [0.15, 0.2) is 10.7 Å². The van der Waals surface area contributed by atoms with Crippen molar-refractivity contribution in [3.05, 3.63) is 64.1 Å². The summed E-state index contributed by atoms with van der Waals surface area (Å²) < 4.78 is 0.979. The lowest BCUT2D eigenvalue weighted by Crippen LogP contribution is -2.41. The summed E-state index contributed by atoms with van der Waals surface area (Å²) in [4.78, 5) is 21.1. The van der Waals surface area contributed by atoms with Crippen molar-refractivity contribution in [3.8, 4) is 0 Å². The zero-order chi connectivity index (χ0) is 17.6. The van der Waals surface area contributed by atoms with Crippen LogP contribution in [0.2, 0.25) is 0 Å². The second kappa shape index (κ2) is 6.49. The maximum atomic E-state index is 13.3. The molecule has 0 radical (unpaired) electrons. The number of carbonyl (C=O) groups is 1. The van der Waals surface area contributed by atoms with Gasteiger partial charge in [-0.1, -0.05) is 58.0 Å². The van der Waals surface area contributed by atoms with Gasteiger partial charge in [0.1, 0.15) is 0 Å². The summed E-state index contributed by atoms with van der Waals surface area (Å²) in [5.74, 6) is 0.0671. The number of likely N-dealkylation sites (N-methyl/N-ethyl adjacent to an activating group) is 1. The molecule has 0 saturated heterocycles. The maximum absolute atomic E-state index is 13.3. The van der Waals surface area contributed by atoms with Crippen LogP contribution < -0.4 is 0 Å². The van der Waals surface area contributed by atoms with Gasteiger partial charge in [-0.2, -0.15) is 0 Å². The first-order chi connectivity index (χ1) is 12.0. The highest BCUT2D eigenvalue weighted by atomic mass is 79.9. The number of amides is 1. The van der Waals surface area contributed by atoms with Crippen LogP contribution in [0.4, 0.5) is 0 Å². The molecule has 4 rings (SSSR count). The molecule has 2 aromatic carbocycles. The van der Waals surface area contributed by atoms with Crippen molar-refractivity contribution in [2.45, 2.75) is 22.1 Å². The topological polar surface area (TPSA) is 32.7 Å². The molecule has 2 unspecified atom stereocenters. The molecule has 1 spiro atoms. The molecule has 0 saturated carbocycles. The molecule has 2 atom stereocenters. The van der Waals surface area contributed by atoms with Crippen LogP contribution in [0.15, 0.2) is 62.9 Å². The van der Waals surface area contributed by atoms with Crippen LogP contribution in [-0.2, 0) is 10.3 Å². The van der Waals surface area contributed by atoms with E-state index in [-0.39, 0.29) is 11.2 Å². The Hall–Kier alpha value is -1.24. The van der Waals surface area contributed by atoms with Crippen molar-refractivity contribution in [2.24, 2.45) is 4.99 Å². The summed E-state index contributed by atoms with van der Waals surface area (Å²) in [5, 5.41) is 0.992. The van der Waals surface area contributed by atoms with Crippen LogP contribution >= 0.6 is 39.5 Å². The number of fused-ring (bicyclic) bond motifs is 2. The molecule has 0 bridgehead atoms.